The third kappa shape index (κ3) is 29.2. The van der Waals surface area contributed by atoms with E-state index >= 15 is 0 Å². The van der Waals surface area contributed by atoms with Gasteiger partial charge in [0.15, 0.2) is 0 Å². The van der Waals surface area contributed by atoms with Crippen molar-refractivity contribution in [2.45, 2.75) is 260 Å². The molecule has 0 aromatic heterocycles. The molecule has 0 aromatic carbocycles. The first-order valence-corrected chi connectivity index (χ1v) is 26.3. The summed E-state index contributed by atoms with van der Waals surface area (Å²) in [4.78, 5) is 43.6. The smallest absolute Gasteiger partial charge is 0.481 e. The Hall–Kier alpha value is -1.87. The molecule has 0 radical (unpaired) electrons. The summed E-state index contributed by atoms with van der Waals surface area (Å²) >= 11 is 0. The van der Waals surface area contributed by atoms with Gasteiger partial charge in [-0.15, -0.1) is 0 Å². The molecule has 0 aliphatic rings. The molecule has 0 saturated carbocycles. The molecule has 362 valence electrons. The van der Waals surface area contributed by atoms with Gasteiger partial charge >= 0.3 is 18.1 Å². The maximum atomic E-state index is 13.2. The number of carbonyl (C=O) groups excluding carboxylic acids is 1. The number of likely N-dealkylation sites (N-methyl/N-ethyl adjacent to an activating group) is 2. The SMILES string of the molecule is CCCCCCCCC(CCCCCC)(CCCCCCCCCC(CCCCCC)(CCC(CCCCC)OC(=O)OCCN(CC)CCN(CC)CC)C(=O)O)C(=O)O. The van der Waals surface area contributed by atoms with E-state index < -0.39 is 28.9 Å². The fraction of sp³-hybridized carbons (Fsp3) is 0.942. The van der Waals surface area contributed by atoms with Gasteiger partial charge in [0.25, 0.3) is 0 Å². The van der Waals surface area contributed by atoms with Crippen LogP contribution in [-0.4, -0.2) is 90.1 Å². The van der Waals surface area contributed by atoms with E-state index in [9.17, 15) is 24.6 Å². The van der Waals surface area contributed by atoms with Gasteiger partial charge in [-0.3, -0.25) is 14.5 Å². The highest BCUT2D eigenvalue weighted by Gasteiger charge is 2.38. The van der Waals surface area contributed by atoms with Gasteiger partial charge < -0.3 is 24.6 Å². The Morgan fingerprint density at radius 1 is 0.426 bits per heavy atom. The Balaban J connectivity index is 5.29. The molecule has 0 bridgehead atoms. The number of nitrogens with zero attached hydrogens (tertiary/aromatic N) is 2. The van der Waals surface area contributed by atoms with Gasteiger partial charge in [0.2, 0.25) is 0 Å². The van der Waals surface area contributed by atoms with Crippen LogP contribution in [0.5, 0.6) is 0 Å². The number of rotatable bonds is 46. The first-order valence-electron chi connectivity index (χ1n) is 26.3. The summed E-state index contributed by atoms with van der Waals surface area (Å²) < 4.78 is 11.5. The highest BCUT2D eigenvalue weighted by atomic mass is 16.7. The van der Waals surface area contributed by atoms with Gasteiger partial charge in [0, 0.05) is 19.6 Å². The van der Waals surface area contributed by atoms with E-state index in [-0.39, 0.29) is 12.7 Å². The summed E-state index contributed by atoms with van der Waals surface area (Å²) in [6, 6.07) is 0. The number of hydrogen-bond acceptors (Lipinski definition) is 7. The van der Waals surface area contributed by atoms with Crippen molar-refractivity contribution < 1.29 is 34.1 Å². The summed E-state index contributed by atoms with van der Waals surface area (Å²) in [5.74, 6) is -1.29. The van der Waals surface area contributed by atoms with E-state index in [4.69, 9.17) is 9.47 Å². The van der Waals surface area contributed by atoms with Crippen molar-refractivity contribution in [3.63, 3.8) is 0 Å². The molecule has 0 amide bonds. The van der Waals surface area contributed by atoms with E-state index in [1.165, 1.54) is 32.1 Å². The highest BCUT2D eigenvalue weighted by Crippen LogP contribution is 2.40. The Morgan fingerprint density at radius 2 is 0.770 bits per heavy atom. The zero-order valence-electron chi connectivity index (χ0n) is 41.5. The van der Waals surface area contributed by atoms with Crippen molar-refractivity contribution >= 4 is 18.1 Å². The molecule has 0 aliphatic carbocycles. The molecule has 0 spiro atoms. The number of carbonyl (C=O) groups is 3. The van der Waals surface area contributed by atoms with Crippen molar-refractivity contribution in [2.24, 2.45) is 10.8 Å². The number of ether oxygens (including phenoxy) is 2. The Kier molecular flexibility index (Phi) is 38.5. The van der Waals surface area contributed by atoms with Crippen molar-refractivity contribution in [3.8, 4) is 0 Å². The lowest BCUT2D eigenvalue weighted by Crippen LogP contribution is -2.37. The fourth-order valence-corrected chi connectivity index (χ4v) is 9.23. The van der Waals surface area contributed by atoms with Gasteiger partial charge in [-0.2, -0.15) is 0 Å². The monoisotopic (exact) mass is 867 g/mol. The second-order valence-electron chi connectivity index (χ2n) is 18.6. The average Bonchev–Trinajstić information content (AvgIpc) is 3.25. The van der Waals surface area contributed by atoms with Crippen LogP contribution in [0.4, 0.5) is 4.79 Å². The second-order valence-corrected chi connectivity index (χ2v) is 18.6. The highest BCUT2D eigenvalue weighted by molar-refractivity contribution is 5.75. The third-order valence-electron chi connectivity index (χ3n) is 13.8. The van der Waals surface area contributed by atoms with Crippen molar-refractivity contribution in [2.75, 3.05) is 45.9 Å². The molecule has 0 heterocycles. The number of carboxylic acid groups (broad SMARTS) is 2. The molecular formula is C52H102N2O7. The Morgan fingerprint density at radius 3 is 1.16 bits per heavy atom. The van der Waals surface area contributed by atoms with E-state index in [1.807, 2.05) is 0 Å². The van der Waals surface area contributed by atoms with Crippen molar-refractivity contribution in [1.82, 2.24) is 9.80 Å². The molecule has 0 fully saturated rings. The van der Waals surface area contributed by atoms with E-state index in [0.29, 0.717) is 32.2 Å². The molecule has 0 aromatic rings. The van der Waals surface area contributed by atoms with Crippen molar-refractivity contribution in [3.05, 3.63) is 0 Å². The van der Waals surface area contributed by atoms with Crippen LogP contribution in [0.15, 0.2) is 0 Å². The first kappa shape index (κ1) is 59.1. The van der Waals surface area contributed by atoms with E-state index in [2.05, 4.69) is 58.3 Å². The lowest BCUT2D eigenvalue weighted by Gasteiger charge is -2.31. The molecule has 0 rings (SSSR count). The van der Waals surface area contributed by atoms with Gasteiger partial charge in [-0.05, 0) is 77.4 Å². The molecular weight excluding hydrogens is 765 g/mol. The summed E-state index contributed by atoms with van der Waals surface area (Å²) in [5, 5.41) is 21.3. The quantitative estimate of drug-likeness (QED) is 0.0456. The van der Waals surface area contributed by atoms with Gasteiger partial charge in [-0.1, -0.05) is 196 Å². The molecule has 2 N–H and O–H groups in total. The van der Waals surface area contributed by atoms with Gasteiger partial charge in [0.1, 0.15) is 12.7 Å². The van der Waals surface area contributed by atoms with E-state index in [1.54, 1.807) is 0 Å². The molecule has 61 heavy (non-hydrogen) atoms. The largest absolute Gasteiger partial charge is 0.508 e. The predicted molar refractivity (Wildman–Crippen MR) is 257 cm³/mol. The van der Waals surface area contributed by atoms with Crippen LogP contribution in [0, 0.1) is 10.8 Å². The molecule has 3 atom stereocenters. The topological polar surface area (TPSA) is 117 Å². The minimum atomic E-state index is -0.816. The number of aliphatic carboxylic acids is 2. The molecule has 0 saturated heterocycles. The van der Waals surface area contributed by atoms with Crippen LogP contribution >= 0.6 is 0 Å². The van der Waals surface area contributed by atoms with Crippen LogP contribution < -0.4 is 0 Å². The number of hydrogen-bond donors (Lipinski definition) is 2. The average molecular weight is 867 g/mol. The molecule has 3 unspecified atom stereocenters. The Labute approximate surface area is 377 Å². The minimum absolute atomic E-state index is 0.282. The molecule has 9 nitrogen and oxygen atoms in total. The maximum Gasteiger partial charge on any atom is 0.508 e. The number of unbranched alkanes of at least 4 members (excludes halogenated alkanes) is 19. The van der Waals surface area contributed by atoms with Crippen LogP contribution in [-0.2, 0) is 19.1 Å². The zero-order chi connectivity index (χ0) is 45.5. The molecule has 0 aliphatic heterocycles. The van der Waals surface area contributed by atoms with Crippen LogP contribution in [0.2, 0.25) is 0 Å². The van der Waals surface area contributed by atoms with Crippen LogP contribution in [0.25, 0.3) is 0 Å². The number of carboxylic acids is 2. The maximum absolute atomic E-state index is 13.2. The zero-order valence-corrected chi connectivity index (χ0v) is 41.5. The van der Waals surface area contributed by atoms with E-state index in [0.717, 1.165) is 180 Å². The second kappa shape index (κ2) is 39.7. The third-order valence-corrected chi connectivity index (χ3v) is 13.8. The van der Waals surface area contributed by atoms with Gasteiger partial charge in [-0.25, -0.2) is 4.79 Å². The Bertz CT molecular complexity index is 1040. The standard InChI is InChI=1S/C52H102N2O7/c1-8-15-19-22-26-32-38-51(48(55)56,37-30-20-16-9-2)39-33-27-24-23-25-28-34-41-52(49(57)58,40-31-21-17-10-3)42-36-47(35-29-18-11-4)61-50(59)60-46-45-54(14-7)44-43-53(12-5)13-6/h47H,8-46H2,1-7H3,(H,55,56)(H,57,58). The normalized spacial score (nSPS) is 14.2. The first-order chi connectivity index (χ1) is 29.5. The molecule has 9 heteroatoms. The predicted octanol–water partition coefficient (Wildman–Crippen LogP) is 14.9. The fourth-order valence-electron chi connectivity index (χ4n) is 9.23. The van der Waals surface area contributed by atoms with Crippen molar-refractivity contribution in [1.29, 1.82) is 0 Å². The van der Waals surface area contributed by atoms with Gasteiger partial charge in [0.05, 0.1) is 10.8 Å². The van der Waals surface area contributed by atoms with Crippen LogP contribution in [0.1, 0.15) is 254 Å². The summed E-state index contributed by atoms with van der Waals surface area (Å²) in [6.07, 6.45) is 30.6. The lowest BCUT2D eigenvalue weighted by atomic mass is 9.73. The summed E-state index contributed by atoms with van der Waals surface area (Å²) in [6.45, 7) is 21.1. The summed E-state index contributed by atoms with van der Waals surface area (Å²) in [5.41, 5.74) is -1.39. The van der Waals surface area contributed by atoms with Crippen LogP contribution in [0.3, 0.4) is 0 Å². The lowest BCUT2D eigenvalue weighted by molar-refractivity contribution is -0.152. The summed E-state index contributed by atoms with van der Waals surface area (Å²) in [7, 11) is 0. The minimum Gasteiger partial charge on any atom is -0.481 e.